The molecule has 6 heteroatoms. The third kappa shape index (κ3) is 1.74. The lowest BCUT2D eigenvalue weighted by molar-refractivity contribution is 0.700. The van der Waals surface area contributed by atoms with Crippen molar-refractivity contribution in [2.75, 3.05) is 5.73 Å². The Hall–Kier alpha value is -1.53. The summed E-state index contributed by atoms with van der Waals surface area (Å²) >= 11 is 3.31. The zero-order chi connectivity index (χ0) is 12.8. The Morgan fingerprint density at radius 1 is 1.16 bits per heavy atom. The first-order valence-corrected chi connectivity index (χ1v) is 8.05. The van der Waals surface area contributed by atoms with Crippen molar-refractivity contribution in [1.29, 1.82) is 0 Å². The molecule has 4 rings (SSSR count). The van der Waals surface area contributed by atoms with Crippen molar-refractivity contribution in [2.24, 2.45) is 0 Å². The molecule has 1 aliphatic rings. The predicted octanol–water partition coefficient (Wildman–Crippen LogP) is 3.28. The number of hydrogen-bond donors (Lipinski definition) is 1. The molecule has 3 aromatic rings. The van der Waals surface area contributed by atoms with Crippen molar-refractivity contribution in [3.63, 3.8) is 0 Å². The molecule has 3 aromatic heterocycles. The second-order valence-corrected chi connectivity index (χ2v) is 6.50. The highest BCUT2D eigenvalue weighted by Crippen LogP contribution is 2.38. The fourth-order valence-electron chi connectivity index (χ4n) is 2.62. The van der Waals surface area contributed by atoms with Crippen molar-refractivity contribution in [2.45, 2.75) is 25.7 Å². The normalized spacial score (nSPS) is 14.7. The molecule has 0 bridgehead atoms. The van der Waals surface area contributed by atoms with Gasteiger partial charge in [0.15, 0.2) is 5.82 Å². The molecule has 0 atom stereocenters. The highest BCUT2D eigenvalue weighted by atomic mass is 32.1. The molecular formula is C13H12N4S2. The first-order valence-electron chi connectivity index (χ1n) is 6.29. The third-order valence-corrected chi connectivity index (χ3v) is 5.28. The second kappa shape index (κ2) is 4.25. The first-order chi connectivity index (χ1) is 9.33. The summed E-state index contributed by atoms with van der Waals surface area (Å²) in [6.07, 6.45) is 4.78. The van der Waals surface area contributed by atoms with E-state index in [1.807, 2.05) is 5.38 Å². The number of nitrogens with two attached hydrogens (primary N) is 1. The van der Waals surface area contributed by atoms with Crippen molar-refractivity contribution in [3.05, 3.63) is 21.3 Å². The molecular weight excluding hydrogens is 276 g/mol. The molecule has 0 aromatic carbocycles. The van der Waals surface area contributed by atoms with Crippen LogP contribution in [-0.4, -0.2) is 15.0 Å². The van der Waals surface area contributed by atoms with Gasteiger partial charge < -0.3 is 5.73 Å². The number of aryl methyl sites for hydroxylation is 2. The van der Waals surface area contributed by atoms with Gasteiger partial charge in [0.2, 0.25) is 0 Å². The molecule has 19 heavy (non-hydrogen) atoms. The van der Waals surface area contributed by atoms with Crippen LogP contribution in [0.4, 0.5) is 5.82 Å². The Morgan fingerprint density at radius 2 is 2.05 bits per heavy atom. The lowest BCUT2D eigenvalue weighted by atomic mass is 9.97. The zero-order valence-electron chi connectivity index (χ0n) is 10.2. The Bertz CT molecular complexity index is 746. The third-order valence-electron chi connectivity index (χ3n) is 3.50. The number of nitrogen functional groups attached to an aromatic ring is 1. The van der Waals surface area contributed by atoms with Gasteiger partial charge in [-0.25, -0.2) is 15.0 Å². The van der Waals surface area contributed by atoms with Crippen LogP contribution in [0.2, 0.25) is 0 Å². The van der Waals surface area contributed by atoms with E-state index < -0.39 is 0 Å². The quantitative estimate of drug-likeness (QED) is 0.746. The van der Waals surface area contributed by atoms with E-state index in [0.717, 1.165) is 28.8 Å². The SMILES string of the molecule is Nc1nc(-c2cscn2)nc2sc3c(c12)CCCC3. The highest BCUT2D eigenvalue weighted by molar-refractivity contribution is 7.19. The molecule has 2 N–H and O–H groups in total. The summed E-state index contributed by atoms with van der Waals surface area (Å²) in [7, 11) is 0. The van der Waals surface area contributed by atoms with Crippen molar-refractivity contribution in [1.82, 2.24) is 15.0 Å². The Labute approximate surface area is 118 Å². The van der Waals surface area contributed by atoms with Crippen LogP contribution in [0.15, 0.2) is 10.9 Å². The molecule has 0 unspecified atom stereocenters. The largest absolute Gasteiger partial charge is 0.383 e. The van der Waals surface area contributed by atoms with Gasteiger partial charge in [0.25, 0.3) is 0 Å². The number of rotatable bonds is 1. The summed E-state index contributed by atoms with van der Waals surface area (Å²) in [6.45, 7) is 0. The van der Waals surface area contributed by atoms with E-state index in [0.29, 0.717) is 11.6 Å². The minimum absolute atomic E-state index is 0.604. The van der Waals surface area contributed by atoms with Crippen LogP contribution in [0, 0.1) is 0 Å². The van der Waals surface area contributed by atoms with Crippen LogP contribution in [0.5, 0.6) is 0 Å². The topological polar surface area (TPSA) is 64.7 Å². The van der Waals surface area contributed by atoms with Gasteiger partial charge in [-0.3, -0.25) is 0 Å². The standard InChI is InChI=1S/C13H12N4S2/c14-11-10-7-3-1-2-4-9(7)19-13(10)17-12(16-11)8-5-18-6-15-8/h5-6H,1-4H2,(H2,14,16,17). The highest BCUT2D eigenvalue weighted by Gasteiger charge is 2.20. The van der Waals surface area contributed by atoms with Crippen LogP contribution in [0.25, 0.3) is 21.7 Å². The van der Waals surface area contributed by atoms with Crippen LogP contribution < -0.4 is 5.73 Å². The number of hydrogen-bond acceptors (Lipinski definition) is 6. The van der Waals surface area contributed by atoms with E-state index in [-0.39, 0.29) is 0 Å². The van der Waals surface area contributed by atoms with E-state index >= 15 is 0 Å². The Morgan fingerprint density at radius 3 is 2.89 bits per heavy atom. The fourth-order valence-corrected chi connectivity index (χ4v) is 4.42. The monoisotopic (exact) mass is 288 g/mol. The molecule has 0 spiro atoms. The van der Waals surface area contributed by atoms with Crippen LogP contribution in [-0.2, 0) is 12.8 Å². The molecule has 0 amide bonds. The second-order valence-electron chi connectivity index (χ2n) is 4.70. The maximum absolute atomic E-state index is 6.16. The minimum atomic E-state index is 0.604. The molecule has 4 nitrogen and oxygen atoms in total. The molecule has 96 valence electrons. The van der Waals surface area contributed by atoms with E-state index in [9.17, 15) is 0 Å². The maximum Gasteiger partial charge on any atom is 0.182 e. The summed E-state index contributed by atoms with van der Waals surface area (Å²) in [5, 5.41) is 3.03. The number of nitrogens with zero attached hydrogens (tertiary/aromatic N) is 3. The van der Waals surface area contributed by atoms with E-state index in [4.69, 9.17) is 5.73 Å². The fraction of sp³-hybridized carbons (Fsp3) is 0.308. The molecule has 0 fully saturated rings. The number of aromatic nitrogens is 3. The van der Waals surface area contributed by atoms with Gasteiger partial charge in [-0.1, -0.05) is 0 Å². The Balaban J connectivity index is 1.98. The summed E-state index contributed by atoms with van der Waals surface area (Å²) in [5.74, 6) is 1.25. The maximum atomic E-state index is 6.16. The van der Waals surface area contributed by atoms with Gasteiger partial charge in [0, 0.05) is 10.3 Å². The van der Waals surface area contributed by atoms with Gasteiger partial charge in [0.1, 0.15) is 16.3 Å². The number of fused-ring (bicyclic) bond motifs is 3. The number of thiazole rings is 1. The van der Waals surface area contributed by atoms with Crippen molar-refractivity contribution in [3.8, 4) is 11.5 Å². The summed E-state index contributed by atoms with van der Waals surface area (Å²) in [6, 6.07) is 0. The molecule has 3 heterocycles. The van der Waals surface area contributed by atoms with Gasteiger partial charge in [-0.2, -0.15) is 0 Å². The first kappa shape index (κ1) is 11.3. The molecule has 0 aliphatic heterocycles. The number of thiophene rings is 1. The predicted molar refractivity (Wildman–Crippen MR) is 79.6 cm³/mol. The molecule has 0 radical (unpaired) electrons. The number of anilines is 1. The zero-order valence-corrected chi connectivity index (χ0v) is 11.9. The smallest absolute Gasteiger partial charge is 0.182 e. The van der Waals surface area contributed by atoms with Crippen molar-refractivity contribution < 1.29 is 0 Å². The van der Waals surface area contributed by atoms with Gasteiger partial charge in [-0.15, -0.1) is 22.7 Å². The molecule has 0 saturated carbocycles. The molecule has 1 aliphatic carbocycles. The average molecular weight is 288 g/mol. The van der Waals surface area contributed by atoms with Gasteiger partial charge in [0.05, 0.1) is 10.9 Å². The van der Waals surface area contributed by atoms with E-state index in [1.54, 1.807) is 28.2 Å². The van der Waals surface area contributed by atoms with Crippen LogP contribution in [0.3, 0.4) is 0 Å². The minimum Gasteiger partial charge on any atom is -0.383 e. The lowest BCUT2D eigenvalue weighted by Gasteiger charge is -2.10. The van der Waals surface area contributed by atoms with Crippen LogP contribution >= 0.6 is 22.7 Å². The summed E-state index contributed by atoms with van der Waals surface area (Å²) in [4.78, 5) is 15.8. The van der Waals surface area contributed by atoms with Gasteiger partial charge >= 0.3 is 0 Å². The van der Waals surface area contributed by atoms with E-state index in [1.165, 1.54) is 23.3 Å². The summed E-state index contributed by atoms with van der Waals surface area (Å²) < 4.78 is 0. The average Bonchev–Trinajstić information content (AvgIpc) is 3.05. The molecule has 0 saturated heterocycles. The van der Waals surface area contributed by atoms with Crippen molar-refractivity contribution >= 4 is 38.7 Å². The lowest BCUT2D eigenvalue weighted by Crippen LogP contribution is -2.01. The van der Waals surface area contributed by atoms with E-state index in [2.05, 4.69) is 15.0 Å². The Kier molecular flexibility index (Phi) is 2.53. The summed E-state index contributed by atoms with van der Waals surface area (Å²) in [5.41, 5.74) is 10.1. The van der Waals surface area contributed by atoms with Crippen LogP contribution in [0.1, 0.15) is 23.3 Å². The van der Waals surface area contributed by atoms with Gasteiger partial charge in [-0.05, 0) is 31.2 Å².